The van der Waals surface area contributed by atoms with Gasteiger partial charge in [-0.2, -0.15) is 0 Å². The van der Waals surface area contributed by atoms with Gasteiger partial charge in [-0.05, 0) is 31.2 Å². The highest BCUT2D eigenvalue weighted by atomic mass is 35.5. The molecule has 5 nitrogen and oxygen atoms in total. The van der Waals surface area contributed by atoms with Crippen LogP contribution in [-0.4, -0.2) is 22.5 Å². The van der Waals surface area contributed by atoms with Crippen molar-refractivity contribution < 1.29 is 13.9 Å². The van der Waals surface area contributed by atoms with Crippen LogP contribution >= 0.6 is 11.6 Å². The Labute approximate surface area is 135 Å². The Balaban J connectivity index is 2.42. The Kier molecular flexibility index (Phi) is 3.92. The number of halogens is 2. The van der Waals surface area contributed by atoms with Crippen LogP contribution in [-0.2, 0) is 4.74 Å². The second-order valence-electron chi connectivity index (χ2n) is 4.79. The summed E-state index contributed by atoms with van der Waals surface area (Å²) < 4.78 is 19.2. The molecule has 118 valence electrons. The first-order valence-electron chi connectivity index (χ1n) is 6.89. The van der Waals surface area contributed by atoms with Crippen molar-refractivity contribution in [2.45, 2.75) is 6.92 Å². The lowest BCUT2D eigenvalue weighted by Crippen LogP contribution is -2.21. The number of nitrogens with one attached hydrogen (secondary N) is 2. The van der Waals surface area contributed by atoms with Crippen LogP contribution in [0.4, 0.5) is 4.39 Å². The quantitative estimate of drug-likeness (QED) is 0.720. The molecule has 0 aliphatic heterocycles. The normalized spacial score (nSPS) is 10.9. The number of fused-ring (bicyclic) bond motifs is 1. The SMILES string of the molecule is CCOC(=O)c1c(-c2ccc[nH]2)[nH]c2c(F)c(Cl)ccc2c1=O. The van der Waals surface area contributed by atoms with E-state index in [0.29, 0.717) is 5.69 Å². The summed E-state index contributed by atoms with van der Waals surface area (Å²) in [4.78, 5) is 30.6. The fourth-order valence-electron chi connectivity index (χ4n) is 2.38. The van der Waals surface area contributed by atoms with Gasteiger partial charge in [-0.25, -0.2) is 9.18 Å². The van der Waals surface area contributed by atoms with Gasteiger partial charge in [0.25, 0.3) is 0 Å². The van der Waals surface area contributed by atoms with Crippen molar-refractivity contribution in [1.29, 1.82) is 0 Å². The van der Waals surface area contributed by atoms with Crippen LogP contribution in [0, 0.1) is 5.82 Å². The standard InChI is InChI=1S/C16H12ClFN2O3/c1-2-23-16(22)11-14(10-4-3-7-19-10)20-13-8(15(11)21)5-6-9(17)12(13)18/h3-7,19H,2H2,1H3,(H,20,21). The maximum atomic E-state index is 14.3. The number of carbonyl (C=O) groups is 1. The Bertz CT molecular complexity index is 948. The second-order valence-corrected chi connectivity index (χ2v) is 5.20. The van der Waals surface area contributed by atoms with Crippen LogP contribution in [0.1, 0.15) is 17.3 Å². The topological polar surface area (TPSA) is 75.0 Å². The van der Waals surface area contributed by atoms with Gasteiger partial charge in [-0.1, -0.05) is 11.6 Å². The van der Waals surface area contributed by atoms with Crippen LogP contribution in [0.2, 0.25) is 5.02 Å². The highest BCUT2D eigenvalue weighted by Gasteiger charge is 2.23. The summed E-state index contributed by atoms with van der Waals surface area (Å²) in [5.41, 5.74) is -0.223. The number of rotatable bonds is 3. The van der Waals surface area contributed by atoms with E-state index in [9.17, 15) is 14.0 Å². The van der Waals surface area contributed by atoms with Gasteiger partial charge in [-0.3, -0.25) is 4.79 Å². The predicted octanol–water partition coefficient (Wildman–Crippen LogP) is 3.49. The number of aromatic nitrogens is 2. The fourth-order valence-corrected chi connectivity index (χ4v) is 2.54. The molecule has 2 heterocycles. The lowest BCUT2D eigenvalue weighted by atomic mass is 10.1. The van der Waals surface area contributed by atoms with Crippen molar-refractivity contribution in [2.24, 2.45) is 0 Å². The van der Waals surface area contributed by atoms with Crippen molar-refractivity contribution >= 4 is 28.5 Å². The Morgan fingerprint density at radius 1 is 1.35 bits per heavy atom. The average molecular weight is 335 g/mol. The monoisotopic (exact) mass is 334 g/mol. The van der Waals surface area contributed by atoms with Crippen molar-refractivity contribution in [2.75, 3.05) is 6.61 Å². The summed E-state index contributed by atoms with van der Waals surface area (Å²) in [5.74, 6) is -1.51. The van der Waals surface area contributed by atoms with E-state index in [1.54, 1.807) is 25.3 Å². The molecule has 2 N–H and O–H groups in total. The first-order valence-corrected chi connectivity index (χ1v) is 7.27. The van der Waals surface area contributed by atoms with Gasteiger partial charge in [0.2, 0.25) is 5.43 Å². The number of aromatic amines is 2. The number of hydrogen-bond acceptors (Lipinski definition) is 3. The molecule has 1 aromatic carbocycles. The first-order chi connectivity index (χ1) is 11.0. The van der Waals surface area contributed by atoms with Crippen molar-refractivity contribution in [3.8, 4) is 11.4 Å². The highest BCUT2D eigenvalue weighted by Crippen LogP contribution is 2.26. The molecule has 0 spiro atoms. The average Bonchev–Trinajstić information content (AvgIpc) is 3.05. The predicted molar refractivity (Wildman–Crippen MR) is 85.3 cm³/mol. The maximum absolute atomic E-state index is 14.3. The number of H-pyrrole nitrogens is 2. The highest BCUT2D eigenvalue weighted by molar-refractivity contribution is 6.31. The van der Waals surface area contributed by atoms with Crippen molar-refractivity contribution in [1.82, 2.24) is 9.97 Å². The Hall–Kier alpha value is -2.60. The molecule has 0 radical (unpaired) electrons. The van der Waals surface area contributed by atoms with E-state index in [4.69, 9.17) is 16.3 Å². The number of esters is 1. The molecular formula is C16H12ClFN2O3. The molecule has 0 aliphatic rings. The molecule has 0 unspecified atom stereocenters. The summed E-state index contributed by atoms with van der Waals surface area (Å²) in [5, 5.41) is -0.0836. The molecule has 7 heteroatoms. The second kappa shape index (κ2) is 5.89. The zero-order valence-corrected chi connectivity index (χ0v) is 12.8. The van der Waals surface area contributed by atoms with Gasteiger partial charge in [0.05, 0.1) is 28.5 Å². The minimum absolute atomic E-state index is 0.0326. The molecule has 2 aromatic heterocycles. The number of ether oxygens (including phenoxy) is 1. The smallest absolute Gasteiger partial charge is 0.344 e. The van der Waals surface area contributed by atoms with E-state index in [2.05, 4.69) is 9.97 Å². The number of hydrogen-bond donors (Lipinski definition) is 2. The van der Waals surface area contributed by atoms with Gasteiger partial charge in [-0.15, -0.1) is 0 Å². The van der Waals surface area contributed by atoms with Crippen LogP contribution < -0.4 is 5.43 Å². The lowest BCUT2D eigenvalue weighted by molar-refractivity contribution is 0.0525. The van der Waals surface area contributed by atoms with Crippen molar-refractivity contribution in [3.05, 3.63) is 57.1 Å². The molecule has 3 rings (SSSR count). The fraction of sp³-hybridized carbons (Fsp3) is 0.125. The molecule has 0 fully saturated rings. The van der Waals surface area contributed by atoms with Crippen molar-refractivity contribution in [3.63, 3.8) is 0 Å². The summed E-state index contributed by atoms with van der Waals surface area (Å²) in [7, 11) is 0. The Morgan fingerprint density at radius 3 is 2.78 bits per heavy atom. The third kappa shape index (κ3) is 2.51. The molecule has 0 saturated carbocycles. The lowest BCUT2D eigenvalue weighted by Gasteiger charge is -2.10. The summed E-state index contributed by atoms with van der Waals surface area (Å²) >= 11 is 5.77. The van der Waals surface area contributed by atoms with E-state index in [1.165, 1.54) is 12.1 Å². The van der Waals surface area contributed by atoms with E-state index >= 15 is 0 Å². The van der Waals surface area contributed by atoms with Crippen LogP contribution in [0.3, 0.4) is 0 Å². The van der Waals surface area contributed by atoms with E-state index in [0.717, 1.165) is 0 Å². The van der Waals surface area contributed by atoms with Gasteiger partial charge in [0, 0.05) is 11.6 Å². The first kappa shape index (κ1) is 15.3. The van der Waals surface area contributed by atoms with E-state index in [1.807, 2.05) is 0 Å². The van der Waals surface area contributed by atoms with Crippen LogP contribution in [0.15, 0.2) is 35.3 Å². The number of carbonyl (C=O) groups excluding carboxylic acids is 1. The summed E-state index contributed by atoms with van der Waals surface area (Å²) in [6.07, 6.45) is 1.63. The number of pyridine rings is 1. The molecule has 0 amide bonds. The van der Waals surface area contributed by atoms with Gasteiger partial charge in [0.1, 0.15) is 5.56 Å². The number of benzene rings is 1. The largest absolute Gasteiger partial charge is 0.462 e. The minimum atomic E-state index is -0.768. The maximum Gasteiger partial charge on any atom is 0.344 e. The molecular weight excluding hydrogens is 323 g/mol. The zero-order valence-electron chi connectivity index (χ0n) is 12.1. The molecule has 0 atom stereocenters. The van der Waals surface area contributed by atoms with E-state index < -0.39 is 17.2 Å². The van der Waals surface area contributed by atoms with Crippen LogP contribution in [0.25, 0.3) is 22.3 Å². The minimum Gasteiger partial charge on any atom is -0.462 e. The molecule has 3 aromatic rings. The molecule has 23 heavy (non-hydrogen) atoms. The Morgan fingerprint density at radius 2 is 2.13 bits per heavy atom. The van der Waals surface area contributed by atoms with Gasteiger partial charge in [0.15, 0.2) is 5.82 Å². The third-order valence-electron chi connectivity index (χ3n) is 3.41. The zero-order chi connectivity index (χ0) is 16.6. The summed E-state index contributed by atoms with van der Waals surface area (Å²) in [6, 6.07) is 6.00. The molecule has 0 aliphatic carbocycles. The van der Waals surface area contributed by atoms with Gasteiger partial charge >= 0.3 is 5.97 Å². The molecule has 0 saturated heterocycles. The summed E-state index contributed by atoms with van der Waals surface area (Å²) in [6.45, 7) is 1.76. The molecule has 0 bridgehead atoms. The van der Waals surface area contributed by atoms with Gasteiger partial charge < -0.3 is 14.7 Å². The third-order valence-corrected chi connectivity index (χ3v) is 3.71. The van der Waals surface area contributed by atoms with E-state index in [-0.39, 0.29) is 33.8 Å². The van der Waals surface area contributed by atoms with Crippen LogP contribution in [0.5, 0.6) is 0 Å².